The van der Waals surface area contributed by atoms with E-state index in [1.807, 2.05) is 12.1 Å². The fraction of sp³-hybridized carbons (Fsp3) is 0.273. The molecule has 1 fully saturated rings. The number of benzene rings is 2. The second kappa shape index (κ2) is 7.82. The highest BCUT2D eigenvalue weighted by Gasteiger charge is 2.20. The molecule has 0 bridgehead atoms. The zero-order chi connectivity index (χ0) is 21.4. The summed E-state index contributed by atoms with van der Waals surface area (Å²) in [6.45, 7) is 2.45. The van der Waals surface area contributed by atoms with Crippen LogP contribution in [-0.2, 0) is 6.54 Å². The van der Waals surface area contributed by atoms with Gasteiger partial charge in [0.2, 0.25) is 0 Å². The van der Waals surface area contributed by atoms with Crippen LogP contribution in [0.4, 0.5) is 10.1 Å². The number of hydrogen-bond donors (Lipinski definition) is 2. The van der Waals surface area contributed by atoms with Gasteiger partial charge in [-0.1, -0.05) is 17.3 Å². The molecule has 8 nitrogen and oxygen atoms in total. The molecule has 0 aliphatic carbocycles. The van der Waals surface area contributed by atoms with Crippen LogP contribution in [0.15, 0.2) is 47.3 Å². The van der Waals surface area contributed by atoms with Gasteiger partial charge in [0.15, 0.2) is 11.2 Å². The highest BCUT2D eigenvalue weighted by atomic mass is 19.1. The van der Waals surface area contributed by atoms with Gasteiger partial charge in [-0.25, -0.2) is 8.91 Å². The number of hydrogen-bond acceptors (Lipinski definition) is 5. The summed E-state index contributed by atoms with van der Waals surface area (Å²) < 4.78 is 14.7. The van der Waals surface area contributed by atoms with Crippen molar-refractivity contribution in [1.82, 2.24) is 25.1 Å². The van der Waals surface area contributed by atoms with Crippen LogP contribution < -0.4 is 15.8 Å². The number of nitrogens with zero attached hydrogens (tertiary/aromatic N) is 4. The van der Waals surface area contributed by atoms with E-state index in [0.717, 1.165) is 18.7 Å². The Bertz CT molecular complexity index is 1320. The second-order valence-electron chi connectivity index (χ2n) is 7.71. The molecule has 0 saturated carbocycles. The number of carbonyl (C=O) groups is 1. The third kappa shape index (κ3) is 3.63. The van der Waals surface area contributed by atoms with E-state index >= 15 is 0 Å². The molecule has 0 radical (unpaired) electrons. The summed E-state index contributed by atoms with van der Waals surface area (Å²) in [4.78, 5) is 30.1. The quantitative estimate of drug-likeness (QED) is 0.529. The lowest BCUT2D eigenvalue weighted by atomic mass is 10.1. The van der Waals surface area contributed by atoms with Crippen LogP contribution in [0.3, 0.4) is 0 Å². The third-order valence-electron chi connectivity index (χ3n) is 5.65. The molecule has 158 valence electrons. The van der Waals surface area contributed by atoms with Crippen molar-refractivity contribution in [1.29, 1.82) is 0 Å². The maximum atomic E-state index is 13.5. The molecule has 3 heterocycles. The summed E-state index contributed by atoms with van der Waals surface area (Å²) in [5, 5.41) is 10.6. The predicted molar refractivity (Wildman–Crippen MR) is 115 cm³/mol. The van der Waals surface area contributed by atoms with Crippen molar-refractivity contribution < 1.29 is 9.18 Å². The summed E-state index contributed by atoms with van der Waals surface area (Å²) in [6.07, 6.45) is 3.72. The smallest absolute Gasteiger partial charge is 0.277 e. The number of aromatic amines is 1. The zero-order valence-corrected chi connectivity index (χ0v) is 16.8. The standard InChI is InChI=1S/C22H21FN6O2/c23-15-6-9-18-17(12-15)25-22(31)20-19(26-27-29(18)20)21(30)24-13-14-4-7-16(8-5-14)28-10-2-1-3-11-28/h4-9,12H,1-3,10-11,13H2,(H,24,30)(H,25,31). The van der Waals surface area contributed by atoms with E-state index in [9.17, 15) is 14.0 Å². The highest BCUT2D eigenvalue weighted by molar-refractivity contribution is 5.99. The van der Waals surface area contributed by atoms with Gasteiger partial charge in [0.25, 0.3) is 11.5 Å². The van der Waals surface area contributed by atoms with Gasteiger partial charge in [0.05, 0.1) is 11.0 Å². The number of halogens is 1. The van der Waals surface area contributed by atoms with Gasteiger partial charge < -0.3 is 15.2 Å². The van der Waals surface area contributed by atoms with Crippen LogP contribution in [0.5, 0.6) is 0 Å². The first kappa shape index (κ1) is 19.2. The van der Waals surface area contributed by atoms with E-state index in [4.69, 9.17) is 0 Å². The normalized spacial score (nSPS) is 14.3. The van der Waals surface area contributed by atoms with E-state index in [1.54, 1.807) is 0 Å². The predicted octanol–water partition coefficient (Wildman–Crippen LogP) is 2.63. The molecule has 0 atom stereocenters. The topological polar surface area (TPSA) is 95.4 Å². The minimum atomic E-state index is -0.556. The van der Waals surface area contributed by atoms with E-state index in [-0.39, 0.29) is 16.7 Å². The third-order valence-corrected chi connectivity index (χ3v) is 5.65. The number of H-pyrrole nitrogens is 1. The number of aromatic nitrogens is 4. The van der Waals surface area contributed by atoms with Crippen LogP contribution in [0.2, 0.25) is 0 Å². The van der Waals surface area contributed by atoms with Gasteiger partial charge in [0, 0.05) is 25.3 Å². The fourth-order valence-electron chi connectivity index (χ4n) is 4.02. The first-order chi connectivity index (χ1) is 15.1. The summed E-state index contributed by atoms with van der Waals surface area (Å²) in [5.74, 6) is -0.978. The highest BCUT2D eigenvalue weighted by Crippen LogP contribution is 2.20. The van der Waals surface area contributed by atoms with Crippen molar-refractivity contribution in [2.75, 3.05) is 18.0 Å². The minimum Gasteiger partial charge on any atom is -0.372 e. The van der Waals surface area contributed by atoms with Crippen molar-refractivity contribution in [2.24, 2.45) is 0 Å². The Morgan fingerprint density at radius 3 is 2.65 bits per heavy atom. The van der Waals surface area contributed by atoms with Gasteiger partial charge in [-0.2, -0.15) is 0 Å². The number of rotatable bonds is 4. The Labute approximate surface area is 176 Å². The van der Waals surface area contributed by atoms with Crippen LogP contribution in [-0.4, -0.2) is 38.8 Å². The summed E-state index contributed by atoms with van der Waals surface area (Å²) in [6, 6.07) is 12.0. The van der Waals surface area contributed by atoms with Crippen molar-refractivity contribution >= 4 is 28.1 Å². The van der Waals surface area contributed by atoms with Crippen LogP contribution in [0.1, 0.15) is 35.3 Å². The second-order valence-corrected chi connectivity index (χ2v) is 7.71. The van der Waals surface area contributed by atoms with E-state index in [0.29, 0.717) is 12.1 Å². The molecule has 1 aliphatic heterocycles. The Balaban J connectivity index is 1.35. The van der Waals surface area contributed by atoms with E-state index < -0.39 is 17.3 Å². The summed E-state index contributed by atoms with van der Waals surface area (Å²) in [7, 11) is 0. The lowest BCUT2D eigenvalue weighted by Crippen LogP contribution is -2.29. The van der Waals surface area contributed by atoms with Crippen LogP contribution in [0.25, 0.3) is 16.6 Å². The molecule has 2 aromatic heterocycles. The first-order valence-electron chi connectivity index (χ1n) is 10.3. The van der Waals surface area contributed by atoms with Crippen molar-refractivity contribution in [2.45, 2.75) is 25.8 Å². The lowest BCUT2D eigenvalue weighted by molar-refractivity contribution is 0.0947. The Morgan fingerprint density at radius 1 is 1.10 bits per heavy atom. The molecular formula is C22H21FN6O2. The molecule has 0 spiro atoms. The largest absolute Gasteiger partial charge is 0.372 e. The van der Waals surface area contributed by atoms with Crippen molar-refractivity contribution in [3.05, 3.63) is 69.9 Å². The Morgan fingerprint density at radius 2 is 1.87 bits per heavy atom. The molecule has 1 aliphatic rings. The molecule has 2 aromatic carbocycles. The van der Waals surface area contributed by atoms with Crippen LogP contribution in [0, 0.1) is 5.82 Å². The van der Waals surface area contributed by atoms with Gasteiger partial charge in [-0.05, 0) is 55.2 Å². The average Bonchev–Trinajstić information content (AvgIpc) is 3.24. The van der Waals surface area contributed by atoms with Crippen molar-refractivity contribution in [3.8, 4) is 0 Å². The van der Waals surface area contributed by atoms with E-state index in [1.165, 1.54) is 47.7 Å². The number of nitrogens with one attached hydrogen (secondary N) is 2. The molecule has 0 unspecified atom stereocenters. The monoisotopic (exact) mass is 420 g/mol. The summed E-state index contributed by atoms with van der Waals surface area (Å²) >= 11 is 0. The van der Waals surface area contributed by atoms with Crippen molar-refractivity contribution in [3.63, 3.8) is 0 Å². The van der Waals surface area contributed by atoms with Gasteiger partial charge in [0.1, 0.15) is 5.82 Å². The van der Waals surface area contributed by atoms with Gasteiger partial charge in [-0.15, -0.1) is 5.10 Å². The zero-order valence-electron chi connectivity index (χ0n) is 16.8. The number of carbonyl (C=O) groups excluding carboxylic acids is 1. The number of amides is 1. The molecule has 1 amide bonds. The Hall–Kier alpha value is -3.75. The number of piperidine rings is 1. The SMILES string of the molecule is O=C(NCc1ccc(N2CCCCC2)cc1)c1nnn2c1c(=O)[nH]c1cc(F)ccc12. The van der Waals surface area contributed by atoms with Gasteiger partial charge in [-0.3, -0.25) is 9.59 Å². The maximum Gasteiger partial charge on any atom is 0.277 e. The molecule has 9 heteroatoms. The lowest BCUT2D eigenvalue weighted by Gasteiger charge is -2.28. The van der Waals surface area contributed by atoms with Gasteiger partial charge >= 0.3 is 0 Å². The average molecular weight is 420 g/mol. The van der Waals surface area contributed by atoms with E-state index in [2.05, 4.69) is 37.6 Å². The number of anilines is 1. The molecule has 4 aromatic rings. The number of fused-ring (bicyclic) bond motifs is 3. The molecule has 31 heavy (non-hydrogen) atoms. The maximum absolute atomic E-state index is 13.5. The molecule has 1 saturated heterocycles. The minimum absolute atomic E-state index is 0.0251. The van der Waals surface area contributed by atoms with Crippen LogP contribution >= 0.6 is 0 Å². The molecular weight excluding hydrogens is 399 g/mol. The first-order valence-corrected chi connectivity index (χ1v) is 10.3. The summed E-state index contributed by atoms with van der Waals surface area (Å²) in [5.41, 5.74) is 2.27. The fourth-order valence-corrected chi connectivity index (χ4v) is 4.02. The Kier molecular flexibility index (Phi) is 4.85. The molecule has 2 N–H and O–H groups in total. The molecule has 5 rings (SSSR count).